The highest BCUT2D eigenvalue weighted by molar-refractivity contribution is 5.75. The molecule has 0 amide bonds. The quantitative estimate of drug-likeness (QED) is 0.221. The molecule has 3 radical (unpaired) electrons. The Morgan fingerprint density at radius 3 is 1.00 bits per heavy atom. The molecule has 0 saturated carbocycles. The molecule has 0 saturated heterocycles. The van der Waals surface area contributed by atoms with Gasteiger partial charge in [0.05, 0.1) is 0 Å². The second-order valence-electron chi connectivity index (χ2n) is 1.22. The maximum Gasteiger partial charge on any atom is 0.135 e. The first-order valence-corrected chi connectivity index (χ1v) is 1.22. The van der Waals surface area contributed by atoms with E-state index in [2.05, 4.69) is 4.37 Å². The molecule has 0 aromatic rings. The molecule has 0 aromatic heterocycles. The van der Waals surface area contributed by atoms with Crippen LogP contribution in [0.1, 0.15) is 0 Å². The van der Waals surface area contributed by atoms with Gasteiger partial charge in [0.25, 0.3) is 0 Å². The van der Waals surface area contributed by atoms with Gasteiger partial charge in [-0.2, -0.15) is 0 Å². The molecule has 0 bridgehead atoms. The standard InChI is InChI=1S/C3H9O.B.FH/c1-4(2)3;;/h1-3H3;;1H/q+1;;/p-1. The maximum absolute atomic E-state index is 2.58. The topological polar surface area (TPSA) is 2.70 Å². The van der Waals surface area contributed by atoms with Crippen molar-refractivity contribution in [3.05, 3.63) is 0 Å². The highest BCUT2D eigenvalue weighted by Crippen LogP contribution is 1.60. The molecular formula is C3H9BFO. The molecule has 0 unspecified atom stereocenters. The lowest BCUT2D eigenvalue weighted by molar-refractivity contribution is -0.00282. The van der Waals surface area contributed by atoms with Crippen LogP contribution in [0.4, 0.5) is 0 Å². The summed E-state index contributed by atoms with van der Waals surface area (Å²) in [7, 11) is 5.75. The van der Waals surface area contributed by atoms with Crippen LogP contribution in [0.3, 0.4) is 0 Å². The normalized spacial score (nSPS) is 6.00. The molecular weight excluding hydrogens is 81.8 g/mol. The smallest absolute Gasteiger partial charge is 0.135 e. The zero-order valence-electron chi connectivity index (χ0n) is 4.36. The first-order valence-electron chi connectivity index (χ1n) is 1.22. The zero-order chi connectivity index (χ0) is 3.58. The second-order valence-corrected chi connectivity index (χ2v) is 1.22. The summed E-state index contributed by atoms with van der Waals surface area (Å²) in [4.78, 5) is 0. The van der Waals surface area contributed by atoms with E-state index in [1.165, 1.54) is 0 Å². The van der Waals surface area contributed by atoms with Crippen molar-refractivity contribution in [1.29, 1.82) is 0 Å². The van der Waals surface area contributed by atoms with Gasteiger partial charge in [0.2, 0.25) is 0 Å². The lowest BCUT2D eigenvalue weighted by atomic mass is 10.8. The Hall–Kier alpha value is -0.0451. The highest BCUT2D eigenvalue weighted by Gasteiger charge is 1.61. The van der Waals surface area contributed by atoms with Crippen molar-refractivity contribution in [3.63, 3.8) is 0 Å². The molecule has 1 nitrogen and oxygen atoms in total. The van der Waals surface area contributed by atoms with Crippen molar-refractivity contribution >= 4 is 8.41 Å². The van der Waals surface area contributed by atoms with Gasteiger partial charge in [0.1, 0.15) is 21.3 Å². The third-order valence-electron chi connectivity index (χ3n) is 0. The minimum Gasteiger partial charge on any atom is -1.00 e. The van der Waals surface area contributed by atoms with Crippen LogP contribution in [0.2, 0.25) is 0 Å². The summed E-state index contributed by atoms with van der Waals surface area (Å²) in [6.45, 7) is 0. The van der Waals surface area contributed by atoms with Gasteiger partial charge in [-0.3, -0.25) is 0 Å². The predicted molar refractivity (Wildman–Crippen MR) is 24.6 cm³/mol. The summed E-state index contributed by atoms with van der Waals surface area (Å²) in [5.41, 5.74) is 0. The second kappa shape index (κ2) is 8.88. The van der Waals surface area contributed by atoms with Crippen LogP contribution in [0.5, 0.6) is 0 Å². The zero-order valence-corrected chi connectivity index (χ0v) is 4.36. The summed E-state index contributed by atoms with van der Waals surface area (Å²) in [5, 5.41) is 0. The average Bonchev–Trinajstić information content (AvgIpc) is 0.811. The van der Waals surface area contributed by atoms with E-state index in [-0.39, 0.29) is 13.1 Å². The molecule has 37 valence electrons. The van der Waals surface area contributed by atoms with Crippen molar-refractivity contribution in [2.24, 2.45) is 0 Å². The Bertz CT molecular complexity index is 15.5. The van der Waals surface area contributed by atoms with E-state index in [1.54, 1.807) is 0 Å². The molecule has 0 heterocycles. The van der Waals surface area contributed by atoms with Gasteiger partial charge in [0, 0.05) is 8.41 Å². The maximum atomic E-state index is 2.58. The first kappa shape index (κ1) is 16.7. The first-order chi connectivity index (χ1) is 1.73. The molecule has 0 N–H and O–H groups in total. The van der Waals surface area contributed by atoms with E-state index >= 15 is 0 Å². The van der Waals surface area contributed by atoms with Gasteiger partial charge in [-0.25, -0.2) is 0 Å². The lowest BCUT2D eigenvalue weighted by Gasteiger charge is -1.90. The fraction of sp³-hybridized carbons (Fsp3) is 1.00. The van der Waals surface area contributed by atoms with Gasteiger partial charge < -0.3 is 9.07 Å². The van der Waals surface area contributed by atoms with Gasteiger partial charge >= 0.3 is 0 Å². The van der Waals surface area contributed by atoms with Crippen LogP contribution in [-0.4, -0.2) is 29.7 Å². The Kier molecular flexibility index (Phi) is 24.8. The Morgan fingerprint density at radius 1 is 1.00 bits per heavy atom. The Morgan fingerprint density at radius 2 is 1.00 bits per heavy atom. The lowest BCUT2D eigenvalue weighted by Crippen LogP contribution is -3.00. The van der Waals surface area contributed by atoms with Crippen LogP contribution in [-0.2, 0) is 4.37 Å². The summed E-state index contributed by atoms with van der Waals surface area (Å²) < 4.78 is 2.58. The van der Waals surface area contributed by atoms with Gasteiger partial charge in [0.15, 0.2) is 0 Å². The fourth-order valence-electron chi connectivity index (χ4n) is 0. The van der Waals surface area contributed by atoms with Crippen molar-refractivity contribution in [3.8, 4) is 0 Å². The van der Waals surface area contributed by atoms with Crippen molar-refractivity contribution in [2.75, 3.05) is 21.3 Å². The van der Waals surface area contributed by atoms with Crippen LogP contribution in [0, 0.1) is 0 Å². The summed E-state index contributed by atoms with van der Waals surface area (Å²) >= 11 is 0. The van der Waals surface area contributed by atoms with E-state index in [0.717, 1.165) is 0 Å². The van der Waals surface area contributed by atoms with E-state index in [0.29, 0.717) is 0 Å². The largest absolute Gasteiger partial charge is 1.00 e. The van der Waals surface area contributed by atoms with Crippen molar-refractivity contribution in [2.45, 2.75) is 0 Å². The van der Waals surface area contributed by atoms with Crippen LogP contribution in [0.25, 0.3) is 0 Å². The minimum absolute atomic E-state index is 0. The fourth-order valence-corrected chi connectivity index (χ4v) is 0. The SMILES string of the molecule is C[O+](C)C.[B].[F-]. The highest BCUT2D eigenvalue weighted by atomic mass is 19.0. The minimum atomic E-state index is 0. The summed E-state index contributed by atoms with van der Waals surface area (Å²) in [6, 6.07) is 0. The van der Waals surface area contributed by atoms with Gasteiger partial charge in [-0.1, -0.05) is 0 Å². The third kappa shape index (κ3) is 17000. The monoisotopic (exact) mass is 91.1 g/mol. The molecule has 0 aromatic carbocycles. The van der Waals surface area contributed by atoms with Crippen molar-refractivity contribution < 1.29 is 9.07 Å². The van der Waals surface area contributed by atoms with Crippen LogP contribution >= 0.6 is 0 Å². The molecule has 0 atom stereocenters. The van der Waals surface area contributed by atoms with Crippen LogP contribution < -0.4 is 4.70 Å². The van der Waals surface area contributed by atoms with Gasteiger partial charge in [-0.05, 0) is 0 Å². The van der Waals surface area contributed by atoms with Gasteiger partial charge in [-0.15, -0.1) is 0 Å². The van der Waals surface area contributed by atoms with E-state index < -0.39 is 0 Å². The summed E-state index contributed by atoms with van der Waals surface area (Å²) in [6.07, 6.45) is 0. The molecule has 3 heteroatoms. The Balaban J connectivity index is -0.0000000450. The van der Waals surface area contributed by atoms with E-state index in [1.807, 2.05) is 21.3 Å². The average molecular weight is 90.9 g/mol. The number of halogens is 1. The third-order valence-corrected chi connectivity index (χ3v) is 0. The molecule has 0 aliphatic heterocycles. The number of hydrogen-bond acceptors (Lipinski definition) is 0. The molecule has 0 aliphatic rings. The number of hydrogen-bond donors (Lipinski definition) is 0. The molecule has 0 rings (SSSR count). The molecule has 6 heavy (non-hydrogen) atoms. The summed E-state index contributed by atoms with van der Waals surface area (Å²) in [5.74, 6) is 0. The molecule has 0 spiro atoms. The number of rotatable bonds is 0. The van der Waals surface area contributed by atoms with E-state index in [9.17, 15) is 0 Å². The van der Waals surface area contributed by atoms with Crippen LogP contribution in [0.15, 0.2) is 0 Å². The van der Waals surface area contributed by atoms with E-state index in [4.69, 9.17) is 0 Å². The molecule has 0 fully saturated rings. The molecule has 0 aliphatic carbocycles. The predicted octanol–water partition coefficient (Wildman–Crippen LogP) is -2.95. The van der Waals surface area contributed by atoms with Crippen molar-refractivity contribution in [1.82, 2.24) is 0 Å². The Labute approximate surface area is 40.0 Å².